The summed E-state index contributed by atoms with van der Waals surface area (Å²) in [4.78, 5) is 0. The fraction of sp³-hybridized carbons (Fsp3) is 1.00. The van der Waals surface area contributed by atoms with E-state index in [1.807, 2.05) is 0 Å². The molecule has 2 atom stereocenters. The number of rotatable bonds is 3. The van der Waals surface area contributed by atoms with E-state index in [9.17, 15) is 0 Å². The summed E-state index contributed by atoms with van der Waals surface area (Å²) in [6, 6.07) is 0.745. The maximum atomic E-state index is 6.19. The summed E-state index contributed by atoms with van der Waals surface area (Å²) in [7, 11) is 0. The fourth-order valence-electron chi connectivity index (χ4n) is 4.27. The zero-order valence-corrected chi connectivity index (χ0v) is 10.4. The molecule has 0 aromatic rings. The lowest BCUT2D eigenvalue weighted by molar-refractivity contribution is 0.0976. The van der Waals surface area contributed by atoms with Crippen molar-refractivity contribution in [3.63, 3.8) is 0 Å². The first-order valence-electron chi connectivity index (χ1n) is 7.36. The topological polar surface area (TPSA) is 29.3 Å². The minimum atomic E-state index is 0.745. The van der Waals surface area contributed by atoms with Crippen molar-refractivity contribution in [2.75, 3.05) is 6.54 Å². The van der Waals surface area contributed by atoms with Gasteiger partial charge in [-0.15, -0.1) is 0 Å². The quantitative estimate of drug-likeness (QED) is 0.744. The van der Waals surface area contributed by atoms with Gasteiger partial charge >= 0.3 is 0 Å². The molecule has 1 heterocycles. The highest BCUT2D eigenvalue weighted by Gasteiger charge is 2.41. The lowest BCUT2D eigenvalue weighted by atomic mass is 9.73. The van der Waals surface area contributed by atoms with Crippen LogP contribution in [0.25, 0.3) is 0 Å². The van der Waals surface area contributed by atoms with E-state index in [1.165, 1.54) is 57.8 Å². The second kappa shape index (κ2) is 4.66. The van der Waals surface area contributed by atoms with Gasteiger partial charge in [0, 0.05) is 12.6 Å². The third-order valence-electron chi connectivity index (χ3n) is 5.37. The highest BCUT2D eigenvalue weighted by molar-refractivity contribution is 4.93. The molecule has 0 amide bonds. The molecule has 16 heavy (non-hydrogen) atoms. The maximum absolute atomic E-state index is 6.19. The molecular formula is C14H26N2. The molecule has 2 nitrogen and oxygen atoms in total. The summed E-state index contributed by atoms with van der Waals surface area (Å²) in [5.41, 5.74) is 0. The average Bonchev–Trinajstić information content (AvgIpc) is 2.79. The normalized spacial score (nSPS) is 38.1. The Hall–Kier alpha value is -0.0800. The second-order valence-electron chi connectivity index (χ2n) is 6.35. The van der Waals surface area contributed by atoms with Crippen LogP contribution < -0.4 is 5.84 Å². The standard InChI is InChI=1S/C14H26N2/c15-16-9-8-13(10-11-4-1-2-5-11)14(16)12-6-3-7-12/h11-14H,1-10,15H2. The Morgan fingerprint density at radius 1 is 0.938 bits per heavy atom. The fourth-order valence-corrected chi connectivity index (χ4v) is 4.27. The van der Waals surface area contributed by atoms with Gasteiger partial charge in [0.1, 0.15) is 0 Å². The Labute approximate surface area is 99.5 Å². The van der Waals surface area contributed by atoms with Gasteiger partial charge in [0.25, 0.3) is 0 Å². The van der Waals surface area contributed by atoms with Gasteiger partial charge in [-0.1, -0.05) is 32.1 Å². The van der Waals surface area contributed by atoms with E-state index in [0.717, 1.165) is 30.3 Å². The molecule has 2 saturated carbocycles. The summed E-state index contributed by atoms with van der Waals surface area (Å²) in [5.74, 6) is 9.10. The van der Waals surface area contributed by atoms with Crippen LogP contribution in [0.4, 0.5) is 0 Å². The number of nitrogens with two attached hydrogens (primary N) is 1. The zero-order valence-electron chi connectivity index (χ0n) is 10.4. The van der Waals surface area contributed by atoms with Crippen molar-refractivity contribution in [2.24, 2.45) is 23.6 Å². The summed E-state index contributed by atoms with van der Waals surface area (Å²) in [6.45, 7) is 1.15. The second-order valence-corrected chi connectivity index (χ2v) is 6.35. The molecule has 0 aromatic carbocycles. The van der Waals surface area contributed by atoms with Crippen LogP contribution in [-0.2, 0) is 0 Å². The van der Waals surface area contributed by atoms with Gasteiger partial charge in [0.2, 0.25) is 0 Å². The van der Waals surface area contributed by atoms with Crippen molar-refractivity contribution in [1.82, 2.24) is 5.01 Å². The number of hydrogen-bond acceptors (Lipinski definition) is 2. The van der Waals surface area contributed by atoms with Crippen LogP contribution in [0.2, 0.25) is 0 Å². The van der Waals surface area contributed by atoms with E-state index in [4.69, 9.17) is 5.84 Å². The lowest BCUT2D eigenvalue weighted by Crippen LogP contribution is -2.46. The monoisotopic (exact) mass is 222 g/mol. The molecule has 1 saturated heterocycles. The molecule has 0 spiro atoms. The first-order valence-corrected chi connectivity index (χ1v) is 7.36. The minimum absolute atomic E-state index is 0.745. The summed E-state index contributed by atoms with van der Waals surface area (Å²) in [5, 5.41) is 2.18. The van der Waals surface area contributed by atoms with Crippen molar-refractivity contribution < 1.29 is 0 Å². The smallest absolute Gasteiger partial charge is 0.0298 e. The SMILES string of the molecule is NN1CCC(CC2CCCC2)C1C1CCC1. The highest BCUT2D eigenvalue weighted by Crippen LogP contribution is 2.43. The molecular weight excluding hydrogens is 196 g/mol. The van der Waals surface area contributed by atoms with E-state index < -0.39 is 0 Å². The van der Waals surface area contributed by atoms with E-state index in [1.54, 1.807) is 0 Å². The predicted octanol–water partition coefficient (Wildman–Crippen LogP) is 2.93. The largest absolute Gasteiger partial charge is 0.269 e. The van der Waals surface area contributed by atoms with Gasteiger partial charge < -0.3 is 0 Å². The predicted molar refractivity (Wildman–Crippen MR) is 66.7 cm³/mol. The first-order chi connectivity index (χ1) is 7.84. The third-order valence-corrected chi connectivity index (χ3v) is 5.37. The summed E-state index contributed by atoms with van der Waals surface area (Å²) < 4.78 is 0. The molecule has 2 heteroatoms. The molecule has 0 bridgehead atoms. The molecule has 1 aliphatic heterocycles. The van der Waals surface area contributed by atoms with E-state index in [0.29, 0.717) is 0 Å². The summed E-state index contributed by atoms with van der Waals surface area (Å²) in [6.07, 6.45) is 13.2. The van der Waals surface area contributed by atoms with Crippen molar-refractivity contribution in [3.05, 3.63) is 0 Å². The minimum Gasteiger partial charge on any atom is -0.269 e. The molecule has 0 radical (unpaired) electrons. The van der Waals surface area contributed by atoms with Crippen LogP contribution in [0.1, 0.15) is 57.8 Å². The maximum Gasteiger partial charge on any atom is 0.0298 e. The molecule has 2 unspecified atom stereocenters. The Morgan fingerprint density at radius 3 is 2.31 bits per heavy atom. The third kappa shape index (κ3) is 2.02. The highest BCUT2D eigenvalue weighted by atomic mass is 15.4. The summed E-state index contributed by atoms with van der Waals surface area (Å²) >= 11 is 0. The molecule has 2 N–H and O–H groups in total. The van der Waals surface area contributed by atoms with Gasteiger partial charge in [0.05, 0.1) is 0 Å². The lowest BCUT2D eigenvalue weighted by Gasteiger charge is -2.38. The molecule has 92 valence electrons. The van der Waals surface area contributed by atoms with Gasteiger partial charge in [-0.3, -0.25) is 5.84 Å². The van der Waals surface area contributed by atoms with Crippen molar-refractivity contribution in [1.29, 1.82) is 0 Å². The van der Waals surface area contributed by atoms with Crippen LogP contribution in [-0.4, -0.2) is 17.6 Å². The van der Waals surface area contributed by atoms with Gasteiger partial charge in [-0.05, 0) is 43.4 Å². The molecule has 3 aliphatic rings. The van der Waals surface area contributed by atoms with Crippen LogP contribution in [0.3, 0.4) is 0 Å². The Morgan fingerprint density at radius 2 is 1.69 bits per heavy atom. The Bertz CT molecular complexity index is 231. The van der Waals surface area contributed by atoms with Crippen molar-refractivity contribution >= 4 is 0 Å². The van der Waals surface area contributed by atoms with Crippen LogP contribution in [0.5, 0.6) is 0 Å². The van der Waals surface area contributed by atoms with Crippen LogP contribution >= 0.6 is 0 Å². The Kier molecular flexibility index (Phi) is 3.21. The van der Waals surface area contributed by atoms with E-state index >= 15 is 0 Å². The Balaban J connectivity index is 1.59. The zero-order chi connectivity index (χ0) is 11.0. The average molecular weight is 222 g/mol. The van der Waals surface area contributed by atoms with Crippen LogP contribution in [0.15, 0.2) is 0 Å². The van der Waals surface area contributed by atoms with Gasteiger partial charge in [0.15, 0.2) is 0 Å². The first kappa shape index (κ1) is 11.0. The van der Waals surface area contributed by atoms with Crippen molar-refractivity contribution in [2.45, 2.75) is 63.8 Å². The molecule has 2 aliphatic carbocycles. The molecule has 3 fully saturated rings. The van der Waals surface area contributed by atoms with Crippen LogP contribution in [0, 0.1) is 17.8 Å². The van der Waals surface area contributed by atoms with E-state index in [2.05, 4.69) is 5.01 Å². The molecule has 3 rings (SSSR count). The molecule has 0 aromatic heterocycles. The van der Waals surface area contributed by atoms with Crippen molar-refractivity contribution in [3.8, 4) is 0 Å². The number of hydrogen-bond donors (Lipinski definition) is 1. The van der Waals surface area contributed by atoms with Gasteiger partial charge in [-0.2, -0.15) is 0 Å². The van der Waals surface area contributed by atoms with E-state index in [-0.39, 0.29) is 0 Å². The number of nitrogens with zero attached hydrogens (tertiary/aromatic N) is 1. The van der Waals surface area contributed by atoms with Gasteiger partial charge in [-0.25, -0.2) is 5.01 Å². The number of hydrazine groups is 1.